The number of halogens is 2. The lowest BCUT2D eigenvalue weighted by Crippen LogP contribution is -2.37. The second-order valence-corrected chi connectivity index (χ2v) is 20.3. The maximum absolute atomic E-state index is 16.8. The second-order valence-electron chi connectivity index (χ2n) is 14.7. The van der Waals surface area contributed by atoms with E-state index in [9.17, 15) is 13.9 Å². The van der Waals surface area contributed by atoms with Crippen molar-refractivity contribution in [1.29, 1.82) is 0 Å². The van der Waals surface area contributed by atoms with Gasteiger partial charge in [0.15, 0.2) is 41.9 Å². The van der Waals surface area contributed by atoms with Crippen LogP contribution in [-0.4, -0.2) is 104 Å². The molecule has 0 unspecified atom stereocenters. The number of ether oxygens (including phenoxy) is 4. The van der Waals surface area contributed by atoms with Crippen molar-refractivity contribution in [1.82, 2.24) is 34.1 Å². The van der Waals surface area contributed by atoms with Crippen molar-refractivity contribution >= 4 is 73.0 Å². The van der Waals surface area contributed by atoms with E-state index in [-0.39, 0.29) is 45.3 Å². The molecule has 7 heterocycles. The zero-order chi connectivity index (χ0) is 44.8. The van der Waals surface area contributed by atoms with Crippen molar-refractivity contribution in [3.05, 3.63) is 90.9 Å². The predicted octanol–water partition coefficient (Wildman–Crippen LogP) is 6.05. The van der Waals surface area contributed by atoms with Crippen LogP contribution in [0, 0.1) is 0 Å². The molecule has 4 aromatic heterocycles. The highest BCUT2D eigenvalue weighted by molar-refractivity contribution is 8.54. The molecule has 2 radical (unpaired) electrons. The number of fused-ring (bicyclic) bond motifs is 4. The maximum atomic E-state index is 16.8. The Hall–Kier alpha value is -5.03. The SMILES string of the molecule is [B][P@]1(=O)OC[C@H]2O[C@@H](n3cnc4c(N)ccnc43)[C@H](F)[C@@H]2O[P@@](=O)(SCc2ccc(OC(=O)c3ccc(OCCC)cc3)cc2)OC[C@H]2O[C@@H](n3cnc4c(N)ncnc43)[C@H](F)[C@@H]2O1. The van der Waals surface area contributed by atoms with Gasteiger partial charge < -0.3 is 39.5 Å². The normalized spacial score (nSPS) is 29.7. The molecule has 3 aliphatic heterocycles. The van der Waals surface area contributed by atoms with Crippen LogP contribution in [0.1, 0.15) is 41.7 Å². The molecule has 0 saturated carbocycles. The Balaban J connectivity index is 0.975. The third-order valence-electron chi connectivity index (χ3n) is 10.4. The van der Waals surface area contributed by atoms with Crippen LogP contribution in [0.4, 0.5) is 20.3 Å². The molecule has 64 heavy (non-hydrogen) atoms. The van der Waals surface area contributed by atoms with Crippen LogP contribution in [-0.2, 0) is 42.5 Å². The zero-order valence-electron chi connectivity index (χ0n) is 33.6. The number of anilines is 2. The minimum Gasteiger partial charge on any atom is -0.494 e. The standard InChI is InChI=1S/C38H38BF2N9O11P2S/c1-2-13-54-22-9-5-21(6-10-22)38(51)57-23-7-3-20(4-8-23)16-64-63(53)56-15-26-31(27(40)36(59-26)50-19-48-30-33(43)45-17-46-35(30)50)60-62(39,52)55-14-25-32(61-63)28(41)37(58-25)49-18-47-29-24(42)11-12-44-34(29)49/h3-12,17-19,25-28,31-32,36-37H,2,13-16H2,1H3,(H2,42,44)(H2,43,45,46)/t25-,26-,27-,28-,31-,32-,36-,37-,62+,63+/m1/s1. The molecule has 10 atom stereocenters. The van der Waals surface area contributed by atoms with Crippen LogP contribution < -0.4 is 20.9 Å². The molecule has 26 heteroatoms. The van der Waals surface area contributed by atoms with E-state index in [4.69, 9.17) is 56.1 Å². The molecule has 3 saturated heterocycles. The van der Waals surface area contributed by atoms with Crippen molar-refractivity contribution in [3.63, 3.8) is 0 Å². The quantitative estimate of drug-likeness (QED) is 0.0686. The van der Waals surface area contributed by atoms with E-state index >= 15 is 8.78 Å². The lowest BCUT2D eigenvalue weighted by atomic mass is 10.1. The fourth-order valence-corrected chi connectivity index (χ4v) is 11.6. The number of carbonyl (C=O) groups excluding carboxylic acids is 1. The van der Waals surface area contributed by atoms with E-state index in [1.807, 2.05) is 6.92 Å². The van der Waals surface area contributed by atoms with Gasteiger partial charge in [-0.25, -0.2) is 43.1 Å². The van der Waals surface area contributed by atoms with E-state index in [0.29, 0.717) is 34.9 Å². The molecule has 334 valence electrons. The highest BCUT2D eigenvalue weighted by Crippen LogP contribution is 2.65. The van der Waals surface area contributed by atoms with Crippen molar-refractivity contribution < 1.29 is 59.7 Å². The van der Waals surface area contributed by atoms with E-state index in [0.717, 1.165) is 12.7 Å². The minimum absolute atomic E-state index is 0.0240. The number of hydrogen-bond donors (Lipinski definition) is 2. The summed E-state index contributed by atoms with van der Waals surface area (Å²) in [7, 11) is 1.33. The molecule has 20 nitrogen and oxygen atoms in total. The van der Waals surface area contributed by atoms with E-state index in [1.165, 1.54) is 34.1 Å². The van der Waals surface area contributed by atoms with Gasteiger partial charge in [-0.15, -0.1) is 0 Å². The third kappa shape index (κ3) is 8.98. The highest BCUT2D eigenvalue weighted by atomic mass is 32.7. The first-order valence-electron chi connectivity index (χ1n) is 19.7. The summed E-state index contributed by atoms with van der Waals surface area (Å²) in [6.45, 7) is -3.45. The lowest BCUT2D eigenvalue weighted by molar-refractivity contribution is -0.0546. The first kappa shape index (κ1) is 44.2. The van der Waals surface area contributed by atoms with Crippen LogP contribution in [0.3, 0.4) is 0 Å². The number of nitrogen functional groups attached to an aromatic ring is 2. The van der Waals surface area contributed by atoms with Gasteiger partial charge in [-0.05, 0) is 65.8 Å². The van der Waals surface area contributed by atoms with Crippen LogP contribution in [0.25, 0.3) is 22.3 Å². The van der Waals surface area contributed by atoms with Gasteiger partial charge in [-0.3, -0.25) is 22.7 Å². The molecule has 6 aromatic rings. The summed E-state index contributed by atoms with van der Waals surface area (Å²) < 4.78 is 111. The summed E-state index contributed by atoms with van der Waals surface area (Å²) in [6.07, 6.45) is -7.70. The average molecular weight is 940 g/mol. The third-order valence-corrected chi connectivity index (χ3v) is 15.1. The molecule has 0 amide bonds. The van der Waals surface area contributed by atoms with E-state index in [1.54, 1.807) is 48.5 Å². The summed E-state index contributed by atoms with van der Waals surface area (Å²) in [5.74, 6) is 0.236. The lowest BCUT2D eigenvalue weighted by Gasteiger charge is -2.30. The topological polar surface area (TPSA) is 251 Å². The van der Waals surface area contributed by atoms with Gasteiger partial charge in [0.1, 0.15) is 53.3 Å². The predicted molar refractivity (Wildman–Crippen MR) is 227 cm³/mol. The largest absolute Gasteiger partial charge is 0.494 e. The Morgan fingerprint density at radius 1 is 0.828 bits per heavy atom. The van der Waals surface area contributed by atoms with Gasteiger partial charge in [0.25, 0.3) is 7.47 Å². The molecule has 0 spiro atoms. The fraction of sp³-hybridized carbons (Fsp3) is 0.368. The molecule has 2 aromatic carbocycles. The van der Waals surface area contributed by atoms with Gasteiger partial charge in [-0.2, -0.15) is 0 Å². The summed E-state index contributed by atoms with van der Waals surface area (Å²) in [5, 5.41) is 0. The monoisotopic (exact) mass is 939 g/mol. The van der Waals surface area contributed by atoms with Gasteiger partial charge in [-0.1, -0.05) is 19.1 Å². The van der Waals surface area contributed by atoms with Crippen LogP contribution in [0.5, 0.6) is 11.5 Å². The number of imidazole rings is 2. The summed E-state index contributed by atoms with van der Waals surface area (Å²) in [6, 6.07) is 14.4. The summed E-state index contributed by atoms with van der Waals surface area (Å²) in [4.78, 5) is 33.6. The minimum atomic E-state index is -4.68. The van der Waals surface area contributed by atoms with Gasteiger partial charge >= 0.3 is 12.8 Å². The summed E-state index contributed by atoms with van der Waals surface area (Å²) >= 11 is 0.683. The number of pyridine rings is 1. The second kappa shape index (κ2) is 18.1. The highest BCUT2D eigenvalue weighted by Gasteiger charge is 2.54. The Kier molecular flexibility index (Phi) is 12.5. The number of esters is 1. The number of nitrogens with zero attached hydrogens (tertiary/aromatic N) is 7. The number of hydrogen-bond acceptors (Lipinski definition) is 19. The summed E-state index contributed by atoms with van der Waals surface area (Å²) in [5.41, 5.74) is 13.9. The molecule has 9 rings (SSSR count). The van der Waals surface area contributed by atoms with Gasteiger partial charge in [0.05, 0.1) is 43.7 Å². The molecular weight excluding hydrogens is 901 g/mol. The molecular formula is C38H38BF2N9O11P2S. The molecule has 3 aliphatic rings. The fourth-order valence-electron chi connectivity index (χ4n) is 7.22. The number of aromatic nitrogens is 7. The average Bonchev–Trinajstić information content (AvgIpc) is 4.06. The van der Waals surface area contributed by atoms with E-state index in [2.05, 4.69) is 24.9 Å². The Morgan fingerprint density at radius 2 is 1.45 bits per heavy atom. The number of alkyl halides is 2. The first-order valence-corrected chi connectivity index (χ1v) is 24.5. The van der Waals surface area contributed by atoms with Crippen LogP contribution in [0.15, 0.2) is 79.8 Å². The molecule has 4 N–H and O–H groups in total. The molecule has 0 bridgehead atoms. The van der Waals surface area contributed by atoms with Crippen LogP contribution in [0.2, 0.25) is 0 Å². The van der Waals surface area contributed by atoms with E-state index < -0.39 is 82.7 Å². The van der Waals surface area contributed by atoms with Crippen molar-refractivity contribution in [2.45, 2.75) is 68.3 Å². The number of nitrogens with two attached hydrogens (primary N) is 2. The Labute approximate surface area is 367 Å². The zero-order valence-corrected chi connectivity index (χ0v) is 36.2. The Morgan fingerprint density at radius 3 is 2.14 bits per heavy atom. The maximum Gasteiger partial charge on any atom is 0.389 e. The molecule has 0 aliphatic carbocycles. The first-order chi connectivity index (χ1) is 30.8. The van der Waals surface area contributed by atoms with Crippen molar-refractivity contribution in [3.8, 4) is 11.5 Å². The van der Waals surface area contributed by atoms with Crippen LogP contribution >= 0.6 is 25.7 Å². The van der Waals surface area contributed by atoms with Gasteiger partial charge in [0, 0.05) is 11.9 Å². The van der Waals surface area contributed by atoms with Crippen molar-refractivity contribution in [2.75, 3.05) is 31.3 Å². The molecule has 3 fully saturated rings. The number of rotatable bonds is 10. The van der Waals surface area contributed by atoms with Crippen molar-refractivity contribution in [2.24, 2.45) is 0 Å². The smallest absolute Gasteiger partial charge is 0.389 e. The number of carbonyl (C=O) groups is 1. The van der Waals surface area contributed by atoms with Gasteiger partial charge in [0.2, 0.25) is 7.57 Å². The Bertz CT molecular complexity index is 2760. The number of benzene rings is 2.